The Balaban J connectivity index is 1.54. The monoisotopic (exact) mass is 488 g/mol. The Morgan fingerprint density at radius 1 is 0.657 bits per heavy atom. The van der Waals surface area contributed by atoms with Crippen molar-refractivity contribution >= 4 is 34.0 Å². The number of benzene rings is 3. The molecule has 0 fully saturated rings. The Hall–Kier alpha value is -2.52. The van der Waals surface area contributed by atoms with E-state index < -0.39 is 0 Å². The van der Waals surface area contributed by atoms with Crippen LogP contribution >= 0.6 is 12.2 Å². The molecule has 4 aromatic rings. The van der Waals surface area contributed by atoms with Crippen molar-refractivity contribution in [1.82, 2.24) is 0 Å². The minimum atomic E-state index is -0.267. The molecule has 0 N–H and O–H groups in total. The predicted octanol–water partition coefficient (Wildman–Crippen LogP) is 10.8. The number of hydrogen-bond acceptors (Lipinski definition) is 2. The van der Waals surface area contributed by atoms with Gasteiger partial charge >= 0.3 is 0 Å². The van der Waals surface area contributed by atoms with Gasteiger partial charge in [0.25, 0.3) is 0 Å². The highest BCUT2D eigenvalue weighted by molar-refractivity contribution is 7.71. The van der Waals surface area contributed by atoms with Gasteiger partial charge in [0.1, 0.15) is 0 Å². The summed E-state index contributed by atoms with van der Waals surface area (Å²) in [5, 5.41) is 2.59. The molecule has 0 atom stereocenters. The van der Waals surface area contributed by atoms with E-state index in [0.29, 0.717) is 10.3 Å². The first-order valence-electron chi connectivity index (χ1n) is 13.4. The molecule has 0 amide bonds. The van der Waals surface area contributed by atoms with Gasteiger partial charge < -0.3 is 4.42 Å². The Kier molecular flexibility index (Phi) is 9.09. The fourth-order valence-electron chi connectivity index (χ4n) is 4.92. The summed E-state index contributed by atoms with van der Waals surface area (Å²) in [6, 6.07) is 19.0. The van der Waals surface area contributed by atoms with Crippen LogP contribution in [0.4, 0.5) is 4.39 Å². The minimum absolute atomic E-state index is 0.267. The third-order valence-electron chi connectivity index (χ3n) is 7.06. The van der Waals surface area contributed by atoms with Gasteiger partial charge in [0, 0.05) is 10.8 Å². The van der Waals surface area contributed by atoms with Gasteiger partial charge in [-0.3, -0.25) is 0 Å². The normalized spacial score (nSPS) is 11.5. The molecule has 0 bridgehead atoms. The second-order valence-electron chi connectivity index (χ2n) is 9.74. The van der Waals surface area contributed by atoms with Gasteiger partial charge in [-0.1, -0.05) is 107 Å². The van der Waals surface area contributed by atoms with Gasteiger partial charge in [0.05, 0.1) is 0 Å². The van der Waals surface area contributed by atoms with Crippen LogP contribution in [0.15, 0.2) is 59.0 Å². The lowest BCUT2D eigenvalue weighted by Crippen LogP contribution is -1.93. The summed E-state index contributed by atoms with van der Waals surface area (Å²) in [7, 11) is 0. The van der Waals surface area contributed by atoms with E-state index in [4.69, 9.17) is 16.6 Å². The van der Waals surface area contributed by atoms with Crippen molar-refractivity contribution in [2.75, 3.05) is 0 Å². The van der Waals surface area contributed by atoms with E-state index in [1.807, 2.05) is 12.1 Å². The molecular formula is C32H37FOS. The first kappa shape index (κ1) is 25.6. The molecule has 0 saturated heterocycles. The molecule has 1 nitrogen and oxygen atoms in total. The largest absolute Gasteiger partial charge is 0.441 e. The van der Waals surface area contributed by atoms with Gasteiger partial charge in [-0.2, -0.15) is 0 Å². The summed E-state index contributed by atoms with van der Waals surface area (Å²) < 4.78 is 21.4. The van der Waals surface area contributed by atoms with Gasteiger partial charge in [-0.15, -0.1) is 0 Å². The topological polar surface area (TPSA) is 13.1 Å². The second-order valence-corrected chi connectivity index (χ2v) is 10.1. The first-order chi connectivity index (χ1) is 17.1. The van der Waals surface area contributed by atoms with E-state index in [1.54, 1.807) is 0 Å². The van der Waals surface area contributed by atoms with Crippen molar-refractivity contribution in [2.45, 2.75) is 84.5 Å². The molecule has 4 rings (SSSR count). The smallest absolute Gasteiger partial charge is 0.198 e. The fraction of sp³-hybridized carbons (Fsp3) is 0.406. The molecule has 0 spiro atoms. The van der Waals surface area contributed by atoms with E-state index in [2.05, 4.69) is 56.3 Å². The maximum absolute atomic E-state index is 15.2. The number of halogens is 1. The summed E-state index contributed by atoms with van der Waals surface area (Å²) in [4.78, 5) is 0. The Bertz CT molecular complexity index is 1320. The van der Waals surface area contributed by atoms with Crippen LogP contribution in [-0.4, -0.2) is 0 Å². The van der Waals surface area contributed by atoms with Crippen LogP contribution in [0.2, 0.25) is 0 Å². The summed E-state index contributed by atoms with van der Waals surface area (Å²) >= 11 is 5.57. The summed E-state index contributed by atoms with van der Waals surface area (Å²) in [5.41, 5.74) is 4.64. The molecule has 0 aliphatic carbocycles. The average molecular weight is 489 g/mol. The zero-order chi connectivity index (χ0) is 24.6. The molecule has 3 heteroatoms. The second kappa shape index (κ2) is 12.4. The molecule has 184 valence electrons. The lowest BCUT2D eigenvalue weighted by atomic mass is 9.97. The highest BCUT2D eigenvalue weighted by Gasteiger charge is 2.14. The average Bonchev–Trinajstić information content (AvgIpc) is 2.88. The number of rotatable bonds is 12. The van der Waals surface area contributed by atoms with Crippen molar-refractivity contribution in [3.63, 3.8) is 0 Å². The maximum atomic E-state index is 15.2. The minimum Gasteiger partial charge on any atom is -0.441 e. The Morgan fingerprint density at radius 3 is 2.06 bits per heavy atom. The standard InChI is InChI=1S/C32H37FOS/c1-3-5-7-8-9-11-12-23-14-16-24(17-15-23)26-19-20-27-28-21-18-25(13-10-6-4-2)30(33)31(28)34-32(35)29(27)22-26/h14-22H,3-13H2,1-2H3. The number of hydrogen-bond donors (Lipinski definition) is 0. The van der Waals surface area contributed by atoms with E-state index >= 15 is 4.39 Å². The predicted molar refractivity (Wildman–Crippen MR) is 150 cm³/mol. The molecular weight excluding hydrogens is 451 g/mol. The maximum Gasteiger partial charge on any atom is 0.198 e. The van der Waals surface area contributed by atoms with Crippen LogP contribution < -0.4 is 0 Å². The lowest BCUT2D eigenvalue weighted by molar-refractivity contribution is 0.536. The molecule has 3 aromatic carbocycles. The van der Waals surface area contributed by atoms with Crippen molar-refractivity contribution < 1.29 is 8.81 Å². The molecule has 0 unspecified atom stereocenters. The molecule has 1 heterocycles. The van der Waals surface area contributed by atoms with E-state index in [-0.39, 0.29) is 11.4 Å². The van der Waals surface area contributed by atoms with Crippen LogP contribution in [0, 0.1) is 10.5 Å². The molecule has 0 aliphatic heterocycles. The van der Waals surface area contributed by atoms with Crippen LogP contribution in [0.3, 0.4) is 0 Å². The molecule has 1 aromatic heterocycles. The van der Waals surface area contributed by atoms with Gasteiger partial charge in [-0.05, 0) is 71.6 Å². The van der Waals surface area contributed by atoms with Crippen molar-refractivity contribution in [3.05, 3.63) is 76.2 Å². The van der Waals surface area contributed by atoms with E-state index in [1.165, 1.54) is 44.1 Å². The van der Waals surface area contributed by atoms with Gasteiger partial charge in [0.2, 0.25) is 0 Å². The van der Waals surface area contributed by atoms with E-state index in [9.17, 15) is 0 Å². The first-order valence-corrected chi connectivity index (χ1v) is 13.8. The molecule has 0 aliphatic rings. The van der Waals surface area contributed by atoms with Crippen molar-refractivity contribution in [2.24, 2.45) is 0 Å². The summed E-state index contributed by atoms with van der Waals surface area (Å²) in [5.74, 6) is -0.267. The zero-order valence-electron chi connectivity index (χ0n) is 21.2. The Morgan fingerprint density at radius 2 is 1.29 bits per heavy atom. The molecule has 35 heavy (non-hydrogen) atoms. The number of unbranched alkanes of at least 4 members (excludes halogenated alkanes) is 7. The van der Waals surface area contributed by atoms with Gasteiger partial charge in [0.15, 0.2) is 16.1 Å². The van der Waals surface area contributed by atoms with Crippen LogP contribution in [0.25, 0.3) is 32.9 Å². The van der Waals surface area contributed by atoms with Gasteiger partial charge in [-0.25, -0.2) is 4.39 Å². The zero-order valence-corrected chi connectivity index (χ0v) is 22.0. The quantitative estimate of drug-likeness (QED) is 0.112. The lowest BCUT2D eigenvalue weighted by Gasteiger charge is -2.10. The molecule has 0 radical (unpaired) electrons. The SMILES string of the molecule is CCCCCCCCc1ccc(-c2ccc3c(c2)c(=S)oc2c(F)c(CCCCC)ccc23)cc1. The Labute approximate surface area is 214 Å². The highest BCUT2D eigenvalue weighted by Crippen LogP contribution is 2.33. The van der Waals surface area contributed by atoms with Crippen LogP contribution in [0.5, 0.6) is 0 Å². The fourth-order valence-corrected chi connectivity index (χ4v) is 5.17. The van der Waals surface area contributed by atoms with Crippen LogP contribution in [-0.2, 0) is 12.8 Å². The summed E-state index contributed by atoms with van der Waals surface area (Å²) in [6.07, 6.45) is 13.0. The third-order valence-corrected chi connectivity index (χ3v) is 7.36. The number of aryl methyl sites for hydroxylation is 2. The molecule has 0 saturated carbocycles. The van der Waals surface area contributed by atoms with Crippen LogP contribution in [0.1, 0.15) is 82.8 Å². The van der Waals surface area contributed by atoms with E-state index in [0.717, 1.165) is 59.4 Å². The van der Waals surface area contributed by atoms with Crippen molar-refractivity contribution in [3.8, 4) is 11.1 Å². The highest BCUT2D eigenvalue weighted by atomic mass is 32.1. The number of fused-ring (bicyclic) bond motifs is 3. The van der Waals surface area contributed by atoms with Crippen molar-refractivity contribution in [1.29, 1.82) is 0 Å². The summed E-state index contributed by atoms with van der Waals surface area (Å²) in [6.45, 7) is 4.41. The third kappa shape index (κ3) is 6.19.